The van der Waals surface area contributed by atoms with E-state index >= 15 is 0 Å². The standard InChI is InChI=1S/C12H22O11/c13-1-4-6(16)8(18)9(19)11(21-4)23-12(3-15)10(20)7(17)5(2-14)22-12/h4-11,13-20H,1-3H2/t4-,5-,6-,7+,8+,9-,10-,11?,12?/m1/s1. The Balaban J connectivity index is 2.18. The van der Waals surface area contributed by atoms with Crippen molar-refractivity contribution in [3.05, 3.63) is 0 Å². The van der Waals surface area contributed by atoms with Gasteiger partial charge in [-0.2, -0.15) is 0 Å². The van der Waals surface area contributed by atoms with Gasteiger partial charge in [0, 0.05) is 0 Å². The predicted molar refractivity (Wildman–Crippen MR) is 68.6 cm³/mol. The van der Waals surface area contributed by atoms with E-state index in [0.29, 0.717) is 0 Å². The first-order valence-electron chi connectivity index (χ1n) is 7.05. The summed E-state index contributed by atoms with van der Waals surface area (Å²) in [6, 6.07) is 0. The molecule has 2 fully saturated rings. The van der Waals surface area contributed by atoms with Gasteiger partial charge >= 0.3 is 0 Å². The summed E-state index contributed by atoms with van der Waals surface area (Å²) in [4.78, 5) is 0. The molecule has 0 aromatic rings. The van der Waals surface area contributed by atoms with E-state index in [4.69, 9.17) is 24.4 Å². The largest absolute Gasteiger partial charge is 0.394 e. The fourth-order valence-electron chi connectivity index (χ4n) is 2.63. The lowest BCUT2D eigenvalue weighted by molar-refractivity contribution is -0.383. The van der Waals surface area contributed by atoms with Crippen LogP contribution in [0.3, 0.4) is 0 Å². The Labute approximate surface area is 130 Å². The van der Waals surface area contributed by atoms with Crippen molar-refractivity contribution < 1.29 is 55.1 Å². The van der Waals surface area contributed by atoms with Crippen LogP contribution < -0.4 is 0 Å². The first-order valence-corrected chi connectivity index (χ1v) is 7.05. The van der Waals surface area contributed by atoms with Crippen LogP contribution in [0.25, 0.3) is 0 Å². The molecule has 2 unspecified atom stereocenters. The van der Waals surface area contributed by atoms with E-state index in [2.05, 4.69) is 0 Å². The second-order valence-corrected chi connectivity index (χ2v) is 5.56. The fraction of sp³-hybridized carbons (Fsp3) is 1.00. The monoisotopic (exact) mass is 342 g/mol. The molecule has 0 aliphatic carbocycles. The Kier molecular flexibility index (Phi) is 5.92. The van der Waals surface area contributed by atoms with Crippen LogP contribution in [0.1, 0.15) is 0 Å². The topological polar surface area (TPSA) is 190 Å². The number of hydrogen-bond donors (Lipinski definition) is 8. The second-order valence-electron chi connectivity index (χ2n) is 5.56. The van der Waals surface area contributed by atoms with E-state index in [1.807, 2.05) is 0 Å². The highest BCUT2D eigenvalue weighted by Gasteiger charge is 2.58. The number of aliphatic hydroxyl groups excluding tert-OH is 8. The van der Waals surface area contributed by atoms with Gasteiger partial charge in [0.25, 0.3) is 0 Å². The number of rotatable bonds is 5. The summed E-state index contributed by atoms with van der Waals surface area (Å²) in [5.41, 5.74) is 0. The van der Waals surface area contributed by atoms with Crippen LogP contribution in [0.2, 0.25) is 0 Å². The molecule has 0 aromatic carbocycles. The Morgan fingerprint density at radius 3 is 1.87 bits per heavy atom. The molecule has 2 heterocycles. The third-order valence-corrected chi connectivity index (χ3v) is 4.07. The van der Waals surface area contributed by atoms with Crippen LogP contribution in [0.15, 0.2) is 0 Å². The van der Waals surface area contributed by atoms with Gasteiger partial charge in [-0.15, -0.1) is 0 Å². The summed E-state index contributed by atoms with van der Waals surface area (Å²) < 4.78 is 15.4. The van der Waals surface area contributed by atoms with Crippen molar-refractivity contribution in [1.82, 2.24) is 0 Å². The maximum Gasteiger partial charge on any atom is 0.224 e. The van der Waals surface area contributed by atoms with E-state index in [1.54, 1.807) is 0 Å². The van der Waals surface area contributed by atoms with Crippen molar-refractivity contribution >= 4 is 0 Å². The lowest BCUT2D eigenvalue weighted by Crippen LogP contribution is -2.62. The van der Waals surface area contributed by atoms with E-state index in [1.165, 1.54) is 0 Å². The summed E-state index contributed by atoms with van der Waals surface area (Å²) in [6.07, 6.45) is -12.7. The van der Waals surface area contributed by atoms with E-state index in [0.717, 1.165) is 0 Å². The van der Waals surface area contributed by atoms with Gasteiger partial charge in [0.2, 0.25) is 5.79 Å². The third-order valence-electron chi connectivity index (χ3n) is 4.07. The summed E-state index contributed by atoms with van der Waals surface area (Å²) in [5, 5.41) is 76.7. The minimum absolute atomic E-state index is 0.669. The second kappa shape index (κ2) is 7.21. The molecule has 136 valence electrons. The molecule has 8 N–H and O–H groups in total. The molecule has 0 saturated carbocycles. The Bertz CT molecular complexity index is 393. The Morgan fingerprint density at radius 2 is 1.39 bits per heavy atom. The van der Waals surface area contributed by atoms with Crippen molar-refractivity contribution in [2.45, 2.75) is 54.8 Å². The molecule has 11 heteroatoms. The quantitative estimate of drug-likeness (QED) is 0.238. The minimum Gasteiger partial charge on any atom is -0.394 e. The van der Waals surface area contributed by atoms with Crippen molar-refractivity contribution in [2.24, 2.45) is 0 Å². The van der Waals surface area contributed by atoms with Crippen LogP contribution in [-0.2, 0) is 14.2 Å². The van der Waals surface area contributed by atoms with Crippen LogP contribution in [0, 0.1) is 0 Å². The lowest BCUT2D eigenvalue weighted by Gasteiger charge is -2.43. The molecular weight excluding hydrogens is 320 g/mol. The van der Waals surface area contributed by atoms with Gasteiger partial charge in [0.05, 0.1) is 13.2 Å². The number of hydrogen-bond acceptors (Lipinski definition) is 11. The minimum atomic E-state index is -2.22. The molecule has 2 aliphatic heterocycles. The average Bonchev–Trinajstić information content (AvgIpc) is 2.80. The molecule has 0 radical (unpaired) electrons. The van der Waals surface area contributed by atoms with Crippen molar-refractivity contribution in [3.8, 4) is 0 Å². The molecule has 0 amide bonds. The predicted octanol–water partition coefficient (Wildman–Crippen LogP) is -5.40. The normalized spacial score (nSPS) is 51.1. The van der Waals surface area contributed by atoms with Gasteiger partial charge in [0.1, 0.15) is 49.3 Å². The first-order chi connectivity index (χ1) is 10.8. The van der Waals surface area contributed by atoms with Crippen molar-refractivity contribution in [3.63, 3.8) is 0 Å². The lowest BCUT2D eigenvalue weighted by atomic mass is 9.99. The summed E-state index contributed by atoms with van der Waals surface area (Å²) in [5.74, 6) is -2.22. The van der Waals surface area contributed by atoms with Crippen molar-refractivity contribution in [1.29, 1.82) is 0 Å². The summed E-state index contributed by atoms with van der Waals surface area (Å²) in [7, 11) is 0. The van der Waals surface area contributed by atoms with Gasteiger partial charge in [0.15, 0.2) is 6.29 Å². The Hall–Kier alpha value is -0.440. The highest BCUT2D eigenvalue weighted by Crippen LogP contribution is 2.35. The third kappa shape index (κ3) is 3.23. The maximum absolute atomic E-state index is 10.00. The highest BCUT2D eigenvalue weighted by atomic mass is 16.8. The molecule has 0 bridgehead atoms. The molecule has 9 atom stereocenters. The zero-order chi connectivity index (χ0) is 17.4. The zero-order valence-corrected chi connectivity index (χ0v) is 12.0. The molecule has 11 nitrogen and oxygen atoms in total. The number of aliphatic hydroxyl groups is 8. The van der Waals surface area contributed by atoms with Gasteiger partial charge in [-0.1, -0.05) is 0 Å². The van der Waals surface area contributed by atoms with Crippen LogP contribution >= 0.6 is 0 Å². The molecule has 0 aromatic heterocycles. The molecule has 2 saturated heterocycles. The molecule has 0 spiro atoms. The number of ether oxygens (including phenoxy) is 3. The molecular formula is C12H22O11. The summed E-state index contributed by atoms with van der Waals surface area (Å²) in [6.45, 7) is -2.32. The van der Waals surface area contributed by atoms with E-state index < -0.39 is 74.6 Å². The van der Waals surface area contributed by atoms with Crippen molar-refractivity contribution in [2.75, 3.05) is 19.8 Å². The molecule has 23 heavy (non-hydrogen) atoms. The summed E-state index contributed by atoms with van der Waals surface area (Å²) >= 11 is 0. The maximum atomic E-state index is 10.00. The van der Waals surface area contributed by atoms with E-state index in [9.17, 15) is 30.6 Å². The molecule has 2 rings (SSSR count). The van der Waals surface area contributed by atoms with Gasteiger partial charge in [-0.3, -0.25) is 0 Å². The smallest absolute Gasteiger partial charge is 0.224 e. The van der Waals surface area contributed by atoms with Crippen LogP contribution in [-0.4, -0.2) is 115 Å². The average molecular weight is 342 g/mol. The highest BCUT2D eigenvalue weighted by molar-refractivity contribution is 4.98. The first kappa shape index (κ1) is 18.9. The molecule has 2 aliphatic rings. The SMILES string of the molecule is OC[C@H]1OC(CO)(OC2O[C@H](CO)[C@@H](O)[C@H](O)[C@H]2O)[C@H](O)[C@H]1O. The zero-order valence-electron chi connectivity index (χ0n) is 12.0. The van der Waals surface area contributed by atoms with E-state index in [-0.39, 0.29) is 0 Å². The van der Waals surface area contributed by atoms with Gasteiger partial charge in [-0.25, -0.2) is 0 Å². The van der Waals surface area contributed by atoms with Gasteiger partial charge < -0.3 is 55.1 Å². The van der Waals surface area contributed by atoms with Gasteiger partial charge in [-0.05, 0) is 0 Å². The van der Waals surface area contributed by atoms with Crippen LogP contribution in [0.4, 0.5) is 0 Å². The fourth-order valence-corrected chi connectivity index (χ4v) is 2.63. The van der Waals surface area contributed by atoms with Crippen LogP contribution in [0.5, 0.6) is 0 Å². The Morgan fingerprint density at radius 1 is 0.783 bits per heavy atom.